The molecule has 3 rings (SSSR count). The van der Waals surface area contributed by atoms with Crippen LogP contribution in [0.3, 0.4) is 0 Å². The molecular formula is C19H15ClF2N2. The lowest BCUT2D eigenvalue weighted by molar-refractivity contribution is 0.585. The van der Waals surface area contributed by atoms with Gasteiger partial charge in [-0.3, -0.25) is 4.99 Å². The molecule has 122 valence electrons. The van der Waals surface area contributed by atoms with Crippen LogP contribution in [0, 0.1) is 25.5 Å². The van der Waals surface area contributed by atoms with Crippen LogP contribution in [-0.4, -0.2) is 10.8 Å². The summed E-state index contributed by atoms with van der Waals surface area (Å²) in [5.41, 5.74) is 3.96. The zero-order chi connectivity index (χ0) is 17.3. The van der Waals surface area contributed by atoms with E-state index in [2.05, 4.69) is 9.56 Å². The van der Waals surface area contributed by atoms with Crippen molar-refractivity contribution in [3.63, 3.8) is 0 Å². The first-order valence-corrected chi connectivity index (χ1v) is 7.77. The van der Waals surface area contributed by atoms with E-state index in [1.165, 1.54) is 12.1 Å². The lowest BCUT2D eigenvalue weighted by Crippen LogP contribution is -1.99. The van der Waals surface area contributed by atoms with Gasteiger partial charge in [0.2, 0.25) is 0 Å². The van der Waals surface area contributed by atoms with E-state index in [4.69, 9.17) is 11.6 Å². The Morgan fingerprint density at radius 1 is 1.00 bits per heavy atom. The maximum Gasteiger partial charge on any atom is 0.151 e. The first-order valence-electron chi connectivity index (χ1n) is 7.39. The highest BCUT2D eigenvalue weighted by Gasteiger charge is 2.10. The van der Waals surface area contributed by atoms with Gasteiger partial charge in [-0.1, -0.05) is 11.6 Å². The molecule has 0 fully saturated rings. The van der Waals surface area contributed by atoms with Crippen LogP contribution < -0.4 is 0 Å². The summed E-state index contributed by atoms with van der Waals surface area (Å²) in [7, 11) is 0. The Bertz CT molecular complexity index is 912. The van der Waals surface area contributed by atoms with Gasteiger partial charge in [-0.2, -0.15) is 0 Å². The summed E-state index contributed by atoms with van der Waals surface area (Å²) in [6.07, 6.45) is 1.59. The maximum atomic E-state index is 13.7. The molecule has 0 amide bonds. The molecule has 1 heterocycles. The molecule has 0 aliphatic carbocycles. The highest BCUT2D eigenvalue weighted by molar-refractivity contribution is 6.30. The second kappa shape index (κ2) is 6.57. The third-order valence-electron chi connectivity index (χ3n) is 3.81. The fraction of sp³-hybridized carbons (Fsp3) is 0.105. The third-order valence-corrected chi connectivity index (χ3v) is 4.06. The highest BCUT2D eigenvalue weighted by atomic mass is 35.5. The molecule has 0 radical (unpaired) electrons. The number of benzene rings is 2. The minimum Gasteiger partial charge on any atom is -0.318 e. The predicted octanol–water partition coefficient (Wildman–Crippen LogP) is 5.78. The smallest absolute Gasteiger partial charge is 0.151 e. The molecule has 0 bridgehead atoms. The summed E-state index contributed by atoms with van der Waals surface area (Å²) in [6.45, 7) is 3.95. The van der Waals surface area contributed by atoms with Crippen LogP contribution in [0.1, 0.15) is 17.0 Å². The highest BCUT2D eigenvalue weighted by Crippen LogP contribution is 2.23. The van der Waals surface area contributed by atoms with E-state index in [0.717, 1.165) is 28.7 Å². The van der Waals surface area contributed by atoms with Crippen LogP contribution in [0.2, 0.25) is 5.02 Å². The second-order valence-electron chi connectivity index (χ2n) is 5.49. The molecular weight excluding hydrogens is 330 g/mol. The molecule has 0 aliphatic rings. The van der Waals surface area contributed by atoms with Crippen molar-refractivity contribution in [2.75, 3.05) is 0 Å². The van der Waals surface area contributed by atoms with E-state index in [0.29, 0.717) is 5.02 Å². The monoisotopic (exact) mass is 344 g/mol. The molecule has 3 aromatic rings. The van der Waals surface area contributed by atoms with Crippen molar-refractivity contribution >= 4 is 23.5 Å². The average molecular weight is 345 g/mol. The van der Waals surface area contributed by atoms with E-state index in [-0.39, 0.29) is 5.69 Å². The van der Waals surface area contributed by atoms with Crippen LogP contribution in [0.5, 0.6) is 0 Å². The van der Waals surface area contributed by atoms with Crippen molar-refractivity contribution in [3.05, 3.63) is 82.1 Å². The molecule has 0 spiro atoms. The van der Waals surface area contributed by atoms with E-state index in [9.17, 15) is 8.78 Å². The van der Waals surface area contributed by atoms with E-state index in [1.807, 2.05) is 44.2 Å². The standard InChI is InChI=1S/C19H15ClF2N2/c1-12-9-14(11-23-19-8-5-16(21)10-18(19)22)13(2)24(12)17-6-3-15(20)4-7-17/h3-11H,1-2H3. The van der Waals surface area contributed by atoms with Crippen LogP contribution in [0.15, 0.2) is 53.5 Å². The number of halogens is 3. The molecule has 1 aromatic heterocycles. The molecule has 2 nitrogen and oxygen atoms in total. The van der Waals surface area contributed by atoms with Gasteiger partial charge in [0.1, 0.15) is 5.82 Å². The van der Waals surface area contributed by atoms with Crippen molar-refractivity contribution in [2.24, 2.45) is 4.99 Å². The Hall–Kier alpha value is -2.46. The average Bonchev–Trinajstić information content (AvgIpc) is 2.82. The number of aromatic nitrogens is 1. The molecule has 2 aromatic carbocycles. The molecule has 0 saturated heterocycles. The Kier molecular flexibility index (Phi) is 4.49. The SMILES string of the molecule is Cc1cc(C=Nc2ccc(F)cc2F)c(C)n1-c1ccc(Cl)cc1. The Morgan fingerprint density at radius 3 is 2.38 bits per heavy atom. The van der Waals surface area contributed by atoms with Gasteiger partial charge < -0.3 is 4.57 Å². The molecule has 0 saturated carbocycles. The minimum atomic E-state index is -0.683. The lowest BCUT2D eigenvalue weighted by Gasteiger charge is -2.09. The Balaban J connectivity index is 1.97. The number of aliphatic imine (C=N–C) groups is 1. The van der Waals surface area contributed by atoms with Gasteiger partial charge in [-0.15, -0.1) is 0 Å². The first kappa shape index (κ1) is 16.4. The van der Waals surface area contributed by atoms with Crippen molar-refractivity contribution in [1.29, 1.82) is 0 Å². The van der Waals surface area contributed by atoms with Gasteiger partial charge in [0.05, 0.1) is 5.69 Å². The van der Waals surface area contributed by atoms with E-state index < -0.39 is 11.6 Å². The summed E-state index contributed by atoms with van der Waals surface area (Å²) in [5, 5.41) is 0.676. The van der Waals surface area contributed by atoms with Crippen molar-refractivity contribution in [3.8, 4) is 5.69 Å². The van der Waals surface area contributed by atoms with Crippen molar-refractivity contribution < 1.29 is 8.78 Å². The number of rotatable bonds is 3. The lowest BCUT2D eigenvalue weighted by atomic mass is 10.2. The molecule has 5 heteroatoms. The Labute approximate surface area is 144 Å². The summed E-state index contributed by atoms with van der Waals surface area (Å²) >= 11 is 5.93. The maximum absolute atomic E-state index is 13.7. The summed E-state index contributed by atoms with van der Waals surface area (Å²) in [4.78, 5) is 4.14. The summed E-state index contributed by atoms with van der Waals surface area (Å²) in [6, 6.07) is 12.8. The number of aryl methyl sites for hydroxylation is 1. The van der Waals surface area contributed by atoms with Crippen LogP contribution in [0.4, 0.5) is 14.5 Å². The van der Waals surface area contributed by atoms with Gasteiger partial charge in [0, 0.05) is 39.9 Å². The quantitative estimate of drug-likeness (QED) is 0.536. The predicted molar refractivity (Wildman–Crippen MR) is 93.9 cm³/mol. The van der Waals surface area contributed by atoms with Crippen LogP contribution in [0.25, 0.3) is 5.69 Å². The van der Waals surface area contributed by atoms with Gasteiger partial charge >= 0.3 is 0 Å². The molecule has 24 heavy (non-hydrogen) atoms. The van der Waals surface area contributed by atoms with Crippen molar-refractivity contribution in [2.45, 2.75) is 13.8 Å². The zero-order valence-corrected chi connectivity index (χ0v) is 14.0. The molecule has 0 aliphatic heterocycles. The molecule has 0 N–H and O–H groups in total. The fourth-order valence-corrected chi connectivity index (χ4v) is 2.76. The number of hydrogen-bond acceptors (Lipinski definition) is 1. The van der Waals surface area contributed by atoms with Crippen LogP contribution >= 0.6 is 11.6 Å². The third kappa shape index (κ3) is 3.24. The minimum absolute atomic E-state index is 0.104. The van der Waals surface area contributed by atoms with Gasteiger partial charge in [-0.25, -0.2) is 8.78 Å². The normalized spacial score (nSPS) is 11.4. The number of nitrogens with zero attached hydrogens (tertiary/aromatic N) is 2. The molecule has 0 atom stereocenters. The number of hydrogen-bond donors (Lipinski definition) is 0. The van der Waals surface area contributed by atoms with E-state index >= 15 is 0 Å². The van der Waals surface area contributed by atoms with Gasteiger partial charge in [-0.05, 0) is 56.3 Å². The van der Waals surface area contributed by atoms with Gasteiger partial charge in [0.15, 0.2) is 5.82 Å². The first-order chi connectivity index (χ1) is 11.5. The molecule has 0 unspecified atom stereocenters. The van der Waals surface area contributed by atoms with E-state index in [1.54, 1.807) is 6.21 Å². The largest absolute Gasteiger partial charge is 0.318 e. The topological polar surface area (TPSA) is 17.3 Å². The zero-order valence-electron chi connectivity index (χ0n) is 13.2. The summed E-state index contributed by atoms with van der Waals surface area (Å²) < 4.78 is 28.7. The second-order valence-corrected chi connectivity index (χ2v) is 5.93. The van der Waals surface area contributed by atoms with Crippen molar-refractivity contribution in [1.82, 2.24) is 4.57 Å². The van der Waals surface area contributed by atoms with Crippen LogP contribution in [-0.2, 0) is 0 Å². The van der Waals surface area contributed by atoms with Gasteiger partial charge in [0.25, 0.3) is 0 Å². The Morgan fingerprint density at radius 2 is 1.71 bits per heavy atom. The summed E-state index contributed by atoms with van der Waals surface area (Å²) in [5.74, 6) is -1.30. The fourth-order valence-electron chi connectivity index (χ4n) is 2.63.